The molecule has 2 N–H and O–H groups in total. The topological polar surface area (TPSA) is 36.5 Å². The van der Waals surface area contributed by atoms with Gasteiger partial charge in [-0.3, -0.25) is 0 Å². The summed E-state index contributed by atoms with van der Waals surface area (Å²) in [4.78, 5) is 2.24. The standard InChI is InChI=1S/C19H25N3OS/c1-3-23-18-12-10-16(11-13-18)21-19(24)20-14-7-15-22(2)17-8-5-4-6-9-17/h4-6,8-13H,3,7,14-15H2,1-2H3,(H2,20,21,24). The van der Waals surface area contributed by atoms with E-state index in [1.807, 2.05) is 37.3 Å². The molecule has 0 spiro atoms. The van der Waals surface area contributed by atoms with Crippen molar-refractivity contribution in [2.75, 3.05) is 37.0 Å². The van der Waals surface area contributed by atoms with Crippen molar-refractivity contribution >= 4 is 28.7 Å². The molecule has 2 rings (SSSR count). The summed E-state index contributed by atoms with van der Waals surface area (Å²) in [6.45, 7) is 4.45. The van der Waals surface area contributed by atoms with E-state index in [-0.39, 0.29) is 0 Å². The highest BCUT2D eigenvalue weighted by Crippen LogP contribution is 2.15. The van der Waals surface area contributed by atoms with Crippen molar-refractivity contribution in [3.8, 4) is 5.75 Å². The van der Waals surface area contributed by atoms with Crippen molar-refractivity contribution < 1.29 is 4.74 Å². The van der Waals surface area contributed by atoms with Crippen molar-refractivity contribution in [2.45, 2.75) is 13.3 Å². The average Bonchev–Trinajstić information content (AvgIpc) is 2.61. The third-order valence-electron chi connectivity index (χ3n) is 3.58. The lowest BCUT2D eigenvalue weighted by Gasteiger charge is -2.19. The Morgan fingerprint density at radius 3 is 2.46 bits per heavy atom. The van der Waals surface area contributed by atoms with Crippen molar-refractivity contribution in [3.05, 3.63) is 54.6 Å². The van der Waals surface area contributed by atoms with Gasteiger partial charge >= 0.3 is 0 Å². The summed E-state index contributed by atoms with van der Waals surface area (Å²) in [6.07, 6.45) is 1.01. The van der Waals surface area contributed by atoms with E-state index in [4.69, 9.17) is 17.0 Å². The summed E-state index contributed by atoms with van der Waals surface area (Å²) in [7, 11) is 2.10. The van der Waals surface area contributed by atoms with Crippen LogP contribution in [0, 0.1) is 0 Å². The maximum Gasteiger partial charge on any atom is 0.170 e. The van der Waals surface area contributed by atoms with E-state index < -0.39 is 0 Å². The molecule has 0 aliphatic carbocycles. The zero-order chi connectivity index (χ0) is 17.2. The molecular weight excluding hydrogens is 318 g/mol. The Bertz CT molecular complexity index is 616. The zero-order valence-electron chi connectivity index (χ0n) is 14.3. The molecule has 2 aromatic carbocycles. The fourth-order valence-electron chi connectivity index (χ4n) is 2.31. The van der Waals surface area contributed by atoms with Gasteiger partial charge in [-0.05, 0) is 62.0 Å². The molecule has 0 unspecified atom stereocenters. The highest BCUT2D eigenvalue weighted by atomic mass is 32.1. The molecule has 0 heterocycles. The molecule has 2 aromatic rings. The summed E-state index contributed by atoms with van der Waals surface area (Å²) in [5.41, 5.74) is 2.19. The summed E-state index contributed by atoms with van der Waals surface area (Å²) in [6, 6.07) is 18.2. The molecule has 0 aliphatic rings. The van der Waals surface area contributed by atoms with Crippen LogP contribution in [-0.4, -0.2) is 31.9 Å². The number of nitrogens with zero attached hydrogens (tertiary/aromatic N) is 1. The normalized spacial score (nSPS) is 10.1. The van der Waals surface area contributed by atoms with Crippen LogP contribution in [0.4, 0.5) is 11.4 Å². The Morgan fingerprint density at radius 1 is 1.08 bits per heavy atom. The van der Waals surface area contributed by atoms with Gasteiger partial charge in [-0.2, -0.15) is 0 Å². The van der Waals surface area contributed by atoms with Gasteiger partial charge < -0.3 is 20.3 Å². The van der Waals surface area contributed by atoms with Crippen LogP contribution in [0.25, 0.3) is 0 Å². The largest absolute Gasteiger partial charge is 0.494 e. The van der Waals surface area contributed by atoms with E-state index >= 15 is 0 Å². The van der Waals surface area contributed by atoms with Gasteiger partial charge in [0.2, 0.25) is 0 Å². The van der Waals surface area contributed by atoms with Gasteiger partial charge in [-0.1, -0.05) is 18.2 Å². The lowest BCUT2D eigenvalue weighted by atomic mass is 10.3. The summed E-state index contributed by atoms with van der Waals surface area (Å²) in [5.74, 6) is 0.867. The van der Waals surface area contributed by atoms with Crippen LogP contribution in [0.1, 0.15) is 13.3 Å². The molecule has 0 saturated carbocycles. The summed E-state index contributed by atoms with van der Waals surface area (Å²) < 4.78 is 5.42. The Labute approximate surface area is 149 Å². The minimum Gasteiger partial charge on any atom is -0.494 e. The van der Waals surface area contributed by atoms with E-state index in [0.29, 0.717) is 11.7 Å². The van der Waals surface area contributed by atoms with Crippen LogP contribution in [-0.2, 0) is 0 Å². The predicted molar refractivity (Wildman–Crippen MR) is 106 cm³/mol. The monoisotopic (exact) mass is 343 g/mol. The van der Waals surface area contributed by atoms with Crippen LogP contribution in [0.5, 0.6) is 5.75 Å². The van der Waals surface area contributed by atoms with E-state index in [1.165, 1.54) is 5.69 Å². The smallest absolute Gasteiger partial charge is 0.170 e. The van der Waals surface area contributed by atoms with E-state index in [0.717, 1.165) is 30.9 Å². The Balaban J connectivity index is 1.66. The van der Waals surface area contributed by atoms with Gasteiger partial charge in [-0.15, -0.1) is 0 Å². The summed E-state index contributed by atoms with van der Waals surface area (Å²) >= 11 is 5.33. The van der Waals surface area contributed by atoms with Crippen LogP contribution in [0.3, 0.4) is 0 Å². The van der Waals surface area contributed by atoms with Crippen molar-refractivity contribution in [3.63, 3.8) is 0 Å². The average molecular weight is 343 g/mol. The minimum atomic E-state index is 0.640. The zero-order valence-corrected chi connectivity index (χ0v) is 15.1. The van der Waals surface area contributed by atoms with Gasteiger partial charge in [0.1, 0.15) is 5.75 Å². The second-order valence-electron chi connectivity index (χ2n) is 5.45. The van der Waals surface area contributed by atoms with Crippen molar-refractivity contribution in [1.29, 1.82) is 0 Å². The van der Waals surface area contributed by atoms with E-state index in [1.54, 1.807) is 0 Å². The minimum absolute atomic E-state index is 0.640. The first-order chi connectivity index (χ1) is 11.7. The number of ether oxygens (including phenoxy) is 1. The van der Waals surface area contributed by atoms with Gasteiger partial charge in [-0.25, -0.2) is 0 Å². The lowest BCUT2D eigenvalue weighted by Crippen LogP contribution is -2.31. The maximum absolute atomic E-state index is 5.42. The SMILES string of the molecule is CCOc1ccc(NC(=S)NCCCN(C)c2ccccc2)cc1. The van der Waals surface area contributed by atoms with Gasteiger partial charge in [0.25, 0.3) is 0 Å². The molecule has 0 amide bonds. The number of hydrogen-bond donors (Lipinski definition) is 2. The van der Waals surface area contributed by atoms with Crippen LogP contribution < -0.4 is 20.3 Å². The van der Waals surface area contributed by atoms with Gasteiger partial charge in [0, 0.05) is 31.5 Å². The molecule has 0 aliphatic heterocycles. The second kappa shape index (κ2) is 9.78. The first-order valence-corrected chi connectivity index (χ1v) is 8.63. The Morgan fingerprint density at radius 2 is 1.79 bits per heavy atom. The van der Waals surface area contributed by atoms with Crippen molar-refractivity contribution in [1.82, 2.24) is 5.32 Å². The molecule has 24 heavy (non-hydrogen) atoms. The molecule has 0 bridgehead atoms. The van der Waals surface area contributed by atoms with Crippen LogP contribution in [0.15, 0.2) is 54.6 Å². The lowest BCUT2D eigenvalue weighted by molar-refractivity contribution is 0.340. The number of rotatable bonds is 8. The molecule has 0 aromatic heterocycles. The first-order valence-electron chi connectivity index (χ1n) is 8.23. The van der Waals surface area contributed by atoms with Gasteiger partial charge in [0.05, 0.1) is 6.61 Å². The molecule has 128 valence electrons. The predicted octanol–water partition coefficient (Wildman–Crippen LogP) is 3.90. The molecule has 4 nitrogen and oxygen atoms in total. The Kier molecular flexibility index (Phi) is 7.36. The number of thiocarbonyl (C=S) groups is 1. The van der Waals surface area contributed by atoms with Crippen LogP contribution >= 0.6 is 12.2 Å². The fourth-order valence-corrected chi connectivity index (χ4v) is 2.53. The molecule has 0 atom stereocenters. The summed E-state index contributed by atoms with van der Waals surface area (Å²) in [5, 5.41) is 7.06. The number of para-hydroxylation sites is 1. The second-order valence-corrected chi connectivity index (χ2v) is 5.86. The van der Waals surface area contributed by atoms with E-state index in [2.05, 4.69) is 46.8 Å². The molecule has 0 radical (unpaired) electrons. The Hall–Kier alpha value is -2.27. The molecule has 0 saturated heterocycles. The quantitative estimate of drug-likeness (QED) is 0.562. The molecular formula is C19H25N3OS. The number of nitrogens with one attached hydrogen (secondary N) is 2. The van der Waals surface area contributed by atoms with Crippen molar-refractivity contribution in [2.24, 2.45) is 0 Å². The third kappa shape index (κ3) is 6.08. The van der Waals surface area contributed by atoms with E-state index in [9.17, 15) is 0 Å². The first kappa shape index (κ1) is 18.1. The maximum atomic E-state index is 5.42. The molecule has 5 heteroatoms. The molecule has 0 fully saturated rings. The number of hydrogen-bond acceptors (Lipinski definition) is 3. The number of anilines is 2. The number of benzene rings is 2. The highest BCUT2D eigenvalue weighted by Gasteiger charge is 2.01. The third-order valence-corrected chi connectivity index (χ3v) is 3.82. The van der Waals surface area contributed by atoms with Crippen LogP contribution in [0.2, 0.25) is 0 Å². The highest BCUT2D eigenvalue weighted by molar-refractivity contribution is 7.80. The van der Waals surface area contributed by atoms with Gasteiger partial charge in [0.15, 0.2) is 5.11 Å². The fraction of sp³-hybridized carbons (Fsp3) is 0.316.